The second-order valence-corrected chi connectivity index (χ2v) is 7.94. The molecule has 1 aliphatic heterocycles. The molecule has 1 saturated carbocycles. The van der Waals surface area contributed by atoms with E-state index in [1.54, 1.807) is 14.0 Å². The highest BCUT2D eigenvalue weighted by molar-refractivity contribution is 5.79. The zero-order valence-electron chi connectivity index (χ0n) is 16.3. The average Bonchev–Trinajstić information content (AvgIpc) is 3.32. The van der Waals surface area contributed by atoms with E-state index in [9.17, 15) is 9.59 Å². The predicted molar refractivity (Wildman–Crippen MR) is 102 cm³/mol. The standard InChI is InChI=1S/C20H28N4O3/c1-12-13(2)21-18-11-16(22-24(18)19(12)25)17-8-5-9-23(17)20(26)14-6-4-7-15(10-14)27-3/h11,14-15,17,22H,4-10H2,1-3H3/t14-,15-,17+/m1/s1. The summed E-state index contributed by atoms with van der Waals surface area (Å²) in [6.45, 7) is 4.41. The number of amides is 1. The molecular weight excluding hydrogens is 344 g/mol. The Morgan fingerprint density at radius 2 is 2.07 bits per heavy atom. The van der Waals surface area contributed by atoms with Crippen molar-refractivity contribution in [1.29, 1.82) is 0 Å². The van der Waals surface area contributed by atoms with Gasteiger partial charge in [-0.1, -0.05) is 6.42 Å². The predicted octanol–water partition coefficient (Wildman–Crippen LogP) is 2.51. The highest BCUT2D eigenvalue weighted by atomic mass is 16.5. The van der Waals surface area contributed by atoms with Crippen LogP contribution in [-0.2, 0) is 9.53 Å². The number of aryl methyl sites for hydroxylation is 1. The van der Waals surface area contributed by atoms with Gasteiger partial charge in [0.15, 0.2) is 5.65 Å². The maximum absolute atomic E-state index is 13.2. The highest BCUT2D eigenvalue weighted by Crippen LogP contribution is 2.36. The minimum absolute atomic E-state index is 0.0119. The Hall–Kier alpha value is -2.15. The monoisotopic (exact) mass is 372 g/mol. The molecule has 3 atom stereocenters. The summed E-state index contributed by atoms with van der Waals surface area (Å²) >= 11 is 0. The summed E-state index contributed by atoms with van der Waals surface area (Å²) in [6.07, 6.45) is 5.91. The molecule has 3 heterocycles. The van der Waals surface area contributed by atoms with Crippen molar-refractivity contribution in [1.82, 2.24) is 19.5 Å². The molecule has 146 valence electrons. The van der Waals surface area contributed by atoms with Crippen molar-refractivity contribution in [2.24, 2.45) is 5.92 Å². The first kappa shape index (κ1) is 18.2. The van der Waals surface area contributed by atoms with E-state index in [1.165, 1.54) is 4.52 Å². The molecule has 0 spiro atoms. The molecule has 1 N–H and O–H groups in total. The minimum atomic E-state index is -0.0742. The Balaban J connectivity index is 1.61. The van der Waals surface area contributed by atoms with Gasteiger partial charge in [-0.2, -0.15) is 0 Å². The fourth-order valence-corrected chi connectivity index (χ4v) is 4.58. The lowest BCUT2D eigenvalue weighted by atomic mass is 9.86. The maximum Gasteiger partial charge on any atom is 0.275 e. The number of nitrogens with zero attached hydrogens (tertiary/aromatic N) is 3. The topological polar surface area (TPSA) is 79.7 Å². The molecule has 2 aromatic heterocycles. The van der Waals surface area contributed by atoms with Crippen molar-refractivity contribution in [3.63, 3.8) is 0 Å². The van der Waals surface area contributed by atoms with Gasteiger partial charge < -0.3 is 9.64 Å². The number of rotatable bonds is 3. The van der Waals surface area contributed by atoms with Gasteiger partial charge in [0, 0.05) is 36.9 Å². The van der Waals surface area contributed by atoms with Crippen LogP contribution in [0.4, 0.5) is 0 Å². The van der Waals surface area contributed by atoms with Crippen molar-refractivity contribution >= 4 is 11.6 Å². The van der Waals surface area contributed by atoms with Crippen molar-refractivity contribution in [3.05, 3.63) is 33.4 Å². The molecule has 0 aromatic carbocycles. The summed E-state index contributed by atoms with van der Waals surface area (Å²) in [7, 11) is 1.73. The van der Waals surface area contributed by atoms with Crippen LogP contribution in [-0.4, -0.2) is 45.2 Å². The fourth-order valence-electron chi connectivity index (χ4n) is 4.58. The van der Waals surface area contributed by atoms with E-state index in [2.05, 4.69) is 10.1 Å². The molecule has 7 nitrogen and oxygen atoms in total. The third-order valence-electron chi connectivity index (χ3n) is 6.31. The molecule has 7 heteroatoms. The Kier molecular flexibility index (Phi) is 4.80. The summed E-state index contributed by atoms with van der Waals surface area (Å²) in [4.78, 5) is 32.2. The van der Waals surface area contributed by atoms with Crippen LogP contribution in [0.2, 0.25) is 0 Å². The minimum Gasteiger partial charge on any atom is -0.381 e. The number of carbonyl (C=O) groups is 1. The molecular formula is C20H28N4O3. The largest absolute Gasteiger partial charge is 0.381 e. The van der Waals surface area contributed by atoms with Crippen molar-refractivity contribution in [2.45, 2.75) is 64.5 Å². The van der Waals surface area contributed by atoms with Gasteiger partial charge in [-0.05, 0) is 46.0 Å². The van der Waals surface area contributed by atoms with Gasteiger partial charge in [0.25, 0.3) is 5.56 Å². The van der Waals surface area contributed by atoms with Crippen LogP contribution in [0.5, 0.6) is 0 Å². The van der Waals surface area contributed by atoms with E-state index in [0.717, 1.165) is 56.5 Å². The van der Waals surface area contributed by atoms with Crippen molar-refractivity contribution < 1.29 is 9.53 Å². The van der Waals surface area contributed by atoms with Gasteiger partial charge in [-0.15, -0.1) is 0 Å². The molecule has 27 heavy (non-hydrogen) atoms. The third-order valence-corrected chi connectivity index (χ3v) is 6.31. The summed E-state index contributed by atoms with van der Waals surface area (Å²) in [5.41, 5.74) is 2.84. The molecule has 1 saturated heterocycles. The molecule has 2 fully saturated rings. The van der Waals surface area contributed by atoms with E-state index in [0.29, 0.717) is 11.2 Å². The van der Waals surface area contributed by atoms with Crippen LogP contribution >= 0.6 is 0 Å². The number of fused-ring (bicyclic) bond motifs is 1. The summed E-state index contributed by atoms with van der Waals surface area (Å²) < 4.78 is 7.00. The first-order valence-electron chi connectivity index (χ1n) is 9.91. The first-order valence-corrected chi connectivity index (χ1v) is 9.91. The zero-order chi connectivity index (χ0) is 19.1. The van der Waals surface area contributed by atoms with Gasteiger partial charge in [0.05, 0.1) is 17.8 Å². The van der Waals surface area contributed by atoms with Crippen LogP contribution in [0.25, 0.3) is 5.65 Å². The molecule has 1 amide bonds. The van der Waals surface area contributed by atoms with E-state index in [-0.39, 0.29) is 29.5 Å². The lowest BCUT2D eigenvalue weighted by molar-refractivity contribution is -0.139. The van der Waals surface area contributed by atoms with Crippen LogP contribution in [0.15, 0.2) is 10.9 Å². The van der Waals surface area contributed by atoms with Crippen LogP contribution in [0.1, 0.15) is 61.5 Å². The summed E-state index contributed by atoms with van der Waals surface area (Å²) in [6, 6.07) is 1.91. The van der Waals surface area contributed by atoms with Gasteiger partial charge in [0.1, 0.15) is 0 Å². The molecule has 0 radical (unpaired) electrons. The third kappa shape index (κ3) is 3.18. The number of aromatic amines is 1. The molecule has 2 aromatic rings. The number of hydrogen-bond donors (Lipinski definition) is 1. The zero-order valence-corrected chi connectivity index (χ0v) is 16.3. The number of aromatic nitrogens is 3. The Bertz CT molecular complexity index is 916. The number of hydrogen-bond acceptors (Lipinski definition) is 4. The first-order chi connectivity index (χ1) is 13.0. The SMILES string of the molecule is CO[C@@H]1CCC[C@@H](C(=O)N2CCC[C@H]2c2cc3nc(C)c(C)c(=O)n3[nH]2)C1. The summed E-state index contributed by atoms with van der Waals surface area (Å²) in [5.74, 6) is 0.268. The molecule has 1 aliphatic carbocycles. The van der Waals surface area contributed by atoms with Gasteiger partial charge >= 0.3 is 0 Å². The van der Waals surface area contributed by atoms with Crippen LogP contribution < -0.4 is 5.56 Å². The molecule has 0 bridgehead atoms. The number of carbonyl (C=O) groups excluding carboxylic acids is 1. The number of H-pyrrole nitrogens is 1. The average molecular weight is 372 g/mol. The van der Waals surface area contributed by atoms with E-state index < -0.39 is 0 Å². The number of methoxy groups -OCH3 is 1. The van der Waals surface area contributed by atoms with E-state index in [1.807, 2.05) is 17.9 Å². The molecule has 2 aliphatic rings. The van der Waals surface area contributed by atoms with E-state index in [4.69, 9.17) is 4.74 Å². The fraction of sp³-hybridized carbons (Fsp3) is 0.650. The lowest BCUT2D eigenvalue weighted by Gasteiger charge is -2.32. The second kappa shape index (κ2) is 7.11. The highest BCUT2D eigenvalue weighted by Gasteiger charge is 2.37. The Labute approximate surface area is 158 Å². The Morgan fingerprint density at radius 3 is 2.85 bits per heavy atom. The Morgan fingerprint density at radius 1 is 1.26 bits per heavy atom. The van der Waals surface area contributed by atoms with Crippen LogP contribution in [0.3, 0.4) is 0 Å². The second-order valence-electron chi connectivity index (χ2n) is 7.94. The number of nitrogens with one attached hydrogen (secondary N) is 1. The molecule has 0 unspecified atom stereocenters. The van der Waals surface area contributed by atoms with Crippen LogP contribution in [0, 0.1) is 19.8 Å². The van der Waals surface area contributed by atoms with E-state index >= 15 is 0 Å². The van der Waals surface area contributed by atoms with Gasteiger partial charge in [-0.25, -0.2) is 9.50 Å². The maximum atomic E-state index is 13.2. The van der Waals surface area contributed by atoms with Gasteiger partial charge in [0.2, 0.25) is 5.91 Å². The normalized spacial score (nSPS) is 26.0. The smallest absolute Gasteiger partial charge is 0.275 e. The number of ether oxygens (including phenoxy) is 1. The lowest BCUT2D eigenvalue weighted by Crippen LogP contribution is -2.39. The van der Waals surface area contributed by atoms with Crippen molar-refractivity contribution in [2.75, 3.05) is 13.7 Å². The number of likely N-dealkylation sites (tertiary alicyclic amines) is 1. The van der Waals surface area contributed by atoms with Gasteiger partial charge in [-0.3, -0.25) is 14.7 Å². The van der Waals surface area contributed by atoms with Crippen molar-refractivity contribution in [3.8, 4) is 0 Å². The molecule has 4 rings (SSSR count). The summed E-state index contributed by atoms with van der Waals surface area (Å²) in [5, 5.41) is 3.20. The quantitative estimate of drug-likeness (QED) is 0.898.